The van der Waals surface area contributed by atoms with Gasteiger partial charge in [-0.25, -0.2) is 0 Å². The van der Waals surface area contributed by atoms with Gasteiger partial charge in [-0.1, -0.05) is 0 Å². The molecule has 0 aromatic carbocycles. The van der Waals surface area contributed by atoms with E-state index < -0.39 is 0 Å². The van der Waals surface area contributed by atoms with E-state index in [0.717, 1.165) is 6.04 Å². The lowest BCUT2D eigenvalue weighted by atomic mass is 10.1. The molecular formula is C10H20N2. The SMILES string of the molecule is CC1(C)CN(C2CC2)CCCN1. The fraction of sp³-hybridized carbons (Fsp3) is 1.00. The third-order valence-electron chi connectivity index (χ3n) is 2.89. The second-order valence-electron chi connectivity index (χ2n) is 4.87. The summed E-state index contributed by atoms with van der Waals surface area (Å²) in [6.45, 7) is 8.36. The average molecular weight is 168 g/mol. The maximum Gasteiger partial charge on any atom is 0.0252 e. The number of hydrogen-bond acceptors (Lipinski definition) is 2. The Balaban J connectivity index is 1.95. The van der Waals surface area contributed by atoms with Gasteiger partial charge in [-0.3, -0.25) is 4.90 Å². The molecule has 2 nitrogen and oxygen atoms in total. The first kappa shape index (κ1) is 8.52. The number of hydrogen-bond donors (Lipinski definition) is 1. The van der Waals surface area contributed by atoms with Crippen molar-refractivity contribution >= 4 is 0 Å². The minimum absolute atomic E-state index is 0.332. The van der Waals surface area contributed by atoms with Crippen LogP contribution in [0.2, 0.25) is 0 Å². The van der Waals surface area contributed by atoms with Gasteiger partial charge < -0.3 is 5.32 Å². The molecule has 1 N–H and O–H groups in total. The Morgan fingerprint density at radius 3 is 2.75 bits per heavy atom. The summed E-state index contributed by atoms with van der Waals surface area (Å²) in [5, 5.41) is 3.59. The molecular weight excluding hydrogens is 148 g/mol. The molecule has 0 atom stereocenters. The highest BCUT2D eigenvalue weighted by Gasteiger charge is 2.33. The van der Waals surface area contributed by atoms with Crippen LogP contribution in [0, 0.1) is 0 Å². The van der Waals surface area contributed by atoms with Gasteiger partial charge in [-0.05, 0) is 46.2 Å². The molecule has 1 aliphatic carbocycles. The monoisotopic (exact) mass is 168 g/mol. The third kappa shape index (κ3) is 1.99. The first-order chi connectivity index (χ1) is 5.67. The average Bonchev–Trinajstić information content (AvgIpc) is 2.73. The molecule has 2 aliphatic rings. The van der Waals surface area contributed by atoms with E-state index in [-0.39, 0.29) is 0 Å². The summed E-state index contributed by atoms with van der Waals surface area (Å²) in [4.78, 5) is 2.67. The second kappa shape index (κ2) is 3.00. The zero-order valence-electron chi connectivity index (χ0n) is 8.27. The van der Waals surface area contributed by atoms with Crippen LogP contribution in [0.3, 0.4) is 0 Å². The van der Waals surface area contributed by atoms with Gasteiger partial charge in [0, 0.05) is 18.1 Å². The summed E-state index contributed by atoms with van der Waals surface area (Å²) < 4.78 is 0. The molecule has 1 heterocycles. The molecule has 2 rings (SSSR count). The molecule has 0 spiro atoms. The van der Waals surface area contributed by atoms with E-state index in [4.69, 9.17) is 0 Å². The van der Waals surface area contributed by atoms with Crippen molar-refractivity contribution in [3.05, 3.63) is 0 Å². The predicted molar refractivity (Wildman–Crippen MR) is 51.3 cm³/mol. The Labute approximate surface area is 75.3 Å². The van der Waals surface area contributed by atoms with Crippen molar-refractivity contribution in [2.24, 2.45) is 0 Å². The van der Waals surface area contributed by atoms with Gasteiger partial charge in [0.25, 0.3) is 0 Å². The van der Waals surface area contributed by atoms with Crippen molar-refractivity contribution in [3.63, 3.8) is 0 Å². The van der Waals surface area contributed by atoms with E-state index in [9.17, 15) is 0 Å². The minimum atomic E-state index is 0.332. The lowest BCUT2D eigenvalue weighted by Gasteiger charge is -2.29. The summed E-state index contributed by atoms with van der Waals surface area (Å²) >= 11 is 0. The fourth-order valence-corrected chi connectivity index (χ4v) is 2.10. The Morgan fingerprint density at radius 2 is 2.08 bits per heavy atom. The van der Waals surface area contributed by atoms with Gasteiger partial charge in [0.15, 0.2) is 0 Å². The molecule has 0 unspecified atom stereocenters. The summed E-state index contributed by atoms with van der Waals surface area (Å²) in [6.07, 6.45) is 4.20. The fourth-order valence-electron chi connectivity index (χ4n) is 2.10. The van der Waals surface area contributed by atoms with Gasteiger partial charge in [-0.15, -0.1) is 0 Å². The number of nitrogens with one attached hydrogen (secondary N) is 1. The highest BCUT2D eigenvalue weighted by atomic mass is 15.2. The van der Waals surface area contributed by atoms with Crippen molar-refractivity contribution in [2.45, 2.75) is 44.7 Å². The van der Waals surface area contributed by atoms with E-state index >= 15 is 0 Å². The van der Waals surface area contributed by atoms with Crippen molar-refractivity contribution in [1.29, 1.82) is 0 Å². The smallest absolute Gasteiger partial charge is 0.0252 e. The molecule has 0 aromatic heterocycles. The van der Waals surface area contributed by atoms with Crippen LogP contribution in [-0.2, 0) is 0 Å². The molecule has 12 heavy (non-hydrogen) atoms. The molecule has 1 saturated heterocycles. The zero-order chi connectivity index (χ0) is 8.60. The van der Waals surface area contributed by atoms with Crippen LogP contribution in [0.5, 0.6) is 0 Å². The second-order valence-corrected chi connectivity index (χ2v) is 4.87. The highest BCUT2D eigenvalue weighted by molar-refractivity contribution is 4.92. The minimum Gasteiger partial charge on any atom is -0.310 e. The van der Waals surface area contributed by atoms with Crippen LogP contribution < -0.4 is 5.32 Å². The van der Waals surface area contributed by atoms with Gasteiger partial charge in [-0.2, -0.15) is 0 Å². The Morgan fingerprint density at radius 1 is 1.33 bits per heavy atom. The molecule has 0 radical (unpaired) electrons. The maximum absolute atomic E-state index is 3.59. The van der Waals surface area contributed by atoms with Gasteiger partial charge >= 0.3 is 0 Å². The van der Waals surface area contributed by atoms with Crippen LogP contribution in [0.4, 0.5) is 0 Å². The van der Waals surface area contributed by atoms with Gasteiger partial charge in [0.2, 0.25) is 0 Å². The zero-order valence-corrected chi connectivity index (χ0v) is 8.27. The maximum atomic E-state index is 3.59. The van der Waals surface area contributed by atoms with E-state index in [1.165, 1.54) is 38.9 Å². The van der Waals surface area contributed by atoms with Crippen molar-refractivity contribution in [3.8, 4) is 0 Å². The molecule has 0 amide bonds. The predicted octanol–water partition coefficient (Wildman–Crippen LogP) is 1.22. The van der Waals surface area contributed by atoms with Crippen LogP contribution in [0.25, 0.3) is 0 Å². The van der Waals surface area contributed by atoms with Crippen molar-refractivity contribution in [2.75, 3.05) is 19.6 Å². The number of rotatable bonds is 1. The highest BCUT2D eigenvalue weighted by Crippen LogP contribution is 2.28. The Kier molecular flexibility index (Phi) is 2.13. The van der Waals surface area contributed by atoms with E-state index in [1.54, 1.807) is 0 Å². The third-order valence-corrected chi connectivity index (χ3v) is 2.89. The normalized spacial score (nSPS) is 31.5. The molecule has 1 saturated carbocycles. The standard InChI is InChI=1S/C10H20N2/c1-10(2)8-12(9-4-5-9)7-3-6-11-10/h9,11H,3-8H2,1-2H3. The summed E-state index contributed by atoms with van der Waals surface area (Å²) in [6, 6.07) is 0.934. The van der Waals surface area contributed by atoms with Crippen molar-refractivity contribution < 1.29 is 0 Å². The van der Waals surface area contributed by atoms with E-state index in [0.29, 0.717) is 5.54 Å². The quantitative estimate of drug-likeness (QED) is 0.633. The summed E-state index contributed by atoms with van der Waals surface area (Å²) in [5.74, 6) is 0. The molecule has 0 aromatic rings. The Bertz CT molecular complexity index is 161. The largest absolute Gasteiger partial charge is 0.310 e. The Hall–Kier alpha value is -0.0800. The molecule has 2 fully saturated rings. The molecule has 70 valence electrons. The van der Waals surface area contributed by atoms with Crippen LogP contribution in [0.1, 0.15) is 33.1 Å². The van der Waals surface area contributed by atoms with Crippen molar-refractivity contribution in [1.82, 2.24) is 10.2 Å². The number of nitrogens with zero attached hydrogens (tertiary/aromatic N) is 1. The summed E-state index contributed by atoms with van der Waals surface area (Å²) in [5.41, 5.74) is 0.332. The summed E-state index contributed by atoms with van der Waals surface area (Å²) in [7, 11) is 0. The van der Waals surface area contributed by atoms with E-state index in [1.807, 2.05) is 0 Å². The van der Waals surface area contributed by atoms with Crippen LogP contribution >= 0.6 is 0 Å². The first-order valence-corrected chi connectivity index (χ1v) is 5.16. The molecule has 1 aliphatic heterocycles. The van der Waals surface area contributed by atoms with Gasteiger partial charge in [0.1, 0.15) is 0 Å². The lowest BCUT2D eigenvalue weighted by Crippen LogP contribution is -2.46. The van der Waals surface area contributed by atoms with Crippen LogP contribution in [0.15, 0.2) is 0 Å². The van der Waals surface area contributed by atoms with Gasteiger partial charge in [0.05, 0.1) is 0 Å². The lowest BCUT2D eigenvalue weighted by molar-refractivity contribution is 0.222. The first-order valence-electron chi connectivity index (χ1n) is 5.16. The topological polar surface area (TPSA) is 15.3 Å². The van der Waals surface area contributed by atoms with E-state index in [2.05, 4.69) is 24.1 Å². The van der Waals surface area contributed by atoms with Crippen LogP contribution in [-0.4, -0.2) is 36.1 Å². The molecule has 2 heteroatoms. The molecule has 0 bridgehead atoms.